The van der Waals surface area contributed by atoms with E-state index in [0.29, 0.717) is 10.6 Å². The molecule has 23 heavy (non-hydrogen) atoms. The molecule has 0 saturated carbocycles. The van der Waals surface area contributed by atoms with E-state index in [0.717, 1.165) is 12.0 Å². The predicted molar refractivity (Wildman–Crippen MR) is 89.2 cm³/mol. The highest BCUT2D eigenvalue weighted by Crippen LogP contribution is 2.20. The number of carbonyl (C=O) groups is 1. The van der Waals surface area contributed by atoms with Crippen molar-refractivity contribution in [1.82, 2.24) is 20.4 Å². The van der Waals surface area contributed by atoms with Gasteiger partial charge in [0, 0.05) is 30.4 Å². The van der Waals surface area contributed by atoms with Crippen LogP contribution in [0.1, 0.15) is 36.6 Å². The second-order valence-corrected chi connectivity index (χ2v) is 5.77. The molecule has 2 atom stereocenters. The van der Waals surface area contributed by atoms with Crippen LogP contribution >= 0.6 is 11.6 Å². The van der Waals surface area contributed by atoms with Crippen LogP contribution in [0.5, 0.6) is 0 Å². The highest BCUT2D eigenvalue weighted by molar-refractivity contribution is 6.30. The number of aliphatic hydroxyl groups is 1. The summed E-state index contributed by atoms with van der Waals surface area (Å²) in [4.78, 5) is 12.0. The molecule has 7 heteroatoms. The highest BCUT2D eigenvalue weighted by Gasteiger charge is 2.15. The molecule has 3 N–H and O–H groups in total. The number of benzene rings is 1. The zero-order valence-electron chi connectivity index (χ0n) is 13.2. The van der Waals surface area contributed by atoms with E-state index < -0.39 is 6.10 Å². The second kappa shape index (κ2) is 7.99. The summed E-state index contributed by atoms with van der Waals surface area (Å²) in [7, 11) is 1.77. The largest absolute Gasteiger partial charge is 0.386 e. The average Bonchev–Trinajstić information content (AvgIpc) is 2.97. The number of hydrogen-bond acceptors (Lipinski definition) is 3. The van der Waals surface area contributed by atoms with Crippen LogP contribution in [0.4, 0.5) is 4.79 Å². The minimum Gasteiger partial charge on any atom is -0.386 e. The maximum absolute atomic E-state index is 12.0. The number of halogens is 1. The van der Waals surface area contributed by atoms with Gasteiger partial charge in [-0.1, -0.05) is 30.7 Å². The van der Waals surface area contributed by atoms with Crippen LogP contribution in [0.2, 0.25) is 5.02 Å². The average molecular weight is 337 g/mol. The Kier molecular flexibility index (Phi) is 6.01. The Morgan fingerprint density at radius 2 is 2.22 bits per heavy atom. The van der Waals surface area contributed by atoms with E-state index in [1.165, 1.54) is 0 Å². The van der Waals surface area contributed by atoms with Gasteiger partial charge >= 0.3 is 6.03 Å². The van der Waals surface area contributed by atoms with Crippen molar-refractivity contribution in [3.63, 3.8) is 0 Å². The molecule has 0 unspecified atom stereocenters. The molecule has 2 amide bonds. The molecule has 1 heterocycles. The van der Waals surface area contributed by atoms with Crippen molar-refractivity contribution in [2.24, 2.45) is 7.05 Å². The third-order valence-electron chi connectivity index (χ3n) is 3.53. The van der Waals surface area contributed by atoms with E-state index in [1.807, 2.05) is 25.1 Å². The van der Waals surface area contributed by atoms with E-state index in [-0.39, 0.29) is 18.6 Å². The number of nitrogens with one attached hydrogen (secondary N) is 2. The molecule has 0 fully saturated rings. The molecule has 2 aromatic rings. The fraction of sp³-hybridized carbons (Fsp3) is 0.375. The number of aryl methyl sites for hydroxylation is 1. The van der Waals surface area contributed by atoms with Gasteiger partial charge < -0.3 is 15.7 Å². The normalized spacial score (nSPS) is 13.4. The number of urea groups is 1. The Bertz CT molecular complexity index is 659. The van der Waals surface area contributed by atoms with E-state index in [2.05, 4.69) is 15.7 Å². The highest BCUT2D eigenvalue weighted by atomic mass is 35.5. The molecule has 2 rings (SSSR count). The van der Waals surface area contributed by atoms with E-state index >= 15 is 0 Å². The lowest BCUT2D eigenvalue weighted by atomic mass is 10.1. The summed E-state index contributed by atoms with van der Waals surface area (Å²) >= 11 is 5.99. The van der Waals surface area contributed by atoms with Crippen LogP contribution in [0, 0.1) is 0 Å². The van der Waals surface area contributed by atoms with E-state index in [1.54, 1.807) is 30.2 Å². The van der Waals surface area contributed by atoms with Crippen molar-refractivity contribution in [3.05, 3.63) is 52.8 Å². The number of rotatable bonds is 6. The summed E-state index contributed by atoms with van der Waals surface area (Å²) in [6, 6.07) is 6.93. The fourth-order valence-corrected chi connectivity index (χ4v) is 2.47. The van der Waals surface area contributed by atoms with Gasteiger partial charge in [-0.05, 0) is 24.1 Å². The summed E-state index contributed by atoms with van der Waals surface area (Å²) in [6.45, 7) is 2.10. The summed E-state index contributed by atoms with van der Waals surface area (Å²) in [5.74, 6) is 0. The first-order chi connectivity index (χ1) is 11.0. The molecule has 0 bridgehead atoms. The molecular weight excluding hydrogens is 316 g/mol. The summed E-state index contributed by atoms with van der Waals surface area (Å²) in [6.07, 6.45) is 3.23. The van der Waals surface area contributed by atoms with Gasteiger partial charge in [-0.2, -0.15) is 5.10 Å². The second-order valence-electron chi connectivity index (χ2n) is 5.33. The molecule has 0 saturated heterocycles. The van der Waals surface area contributed by atoms with Crippen LogP contribution in [0.25, 0.3) is 0 Å². The molecule has 0 radical (unpaired) electrons. The first-order valence-electron chi connectivity index (χ1n) is 7.46. The van der Waals surface area contributed by atoms with Crippen LogP contribution in [-0.4, -0.2) is 27.5 Å². The number of amides is 2. The zero-order chi connectivity index (χ0) is 16.8. The van der Waals surface area contributed by atoms with Gasteiger partial charge in [-0.15, -0.1) is 0 Å². The monoisotopic (exact) mass is 336 g/mol. The van der Waals surface area contributed by atoms with Crippen LogP contribution < -0.4 is 10.6 Å². The SMILES string of the molecule is CC[C@@H](NC(=O)NC[C@H](O)c1cnn(C)c1)c1cccc(Cl)c1. The Hall–Kier alpha value is -2.05. The first-order valence-corrected chi connectivity index (χ1v) is 7.83. The smallest absolute Gasteiger partial charge is 0.315 e. The van der Waals surface area contributed by atoms with Crippen LogP contribution in [0.3, 0.4) is 0 Å². The molecule has 124 valence electrons. The molecule has 0 aliphatic carbocycles. The number of aromatic nitrogens is 2. The molecular formula is C16H21ClN4O2. The molecule has 0 spiro atoms. The van der Waals surface area contributed by atoms with Gasteiger partial charge in [0.1, 0.15) is 0 Å². The minimum absolute atomic E-state index is 0.115. The third kappa shape index (κ3) is 4.97. The van der Waals surface area contributed by atoms with Gasteiger partial charge in [-0.3, -0.25) is 4.68 Å². The van der Waals surface area contributed by atoms with Crippen molar-refractivity contribution in [2.75, 3.05) is 6.54 Å². The fourth-order valence-electron chi connectivity index (χ4n) is 2.27. The Morgan fingerprint density at radius 1 is 1.43 bits per heavy atom. The number of hydrogen-bond donors (Lipinski definition) is 3. The summed E-state index contributed by atoms with van der Waals surface area (Å²) in [5.41, 5.74) is 1.61. The molecule has 1 aromatic carbocycles. The molecule has 6 nitrogen and oxygen atoms in total. The third-order valence-corrected chi connectivity index (χ3v) is 3.77. The van der Waals surface area contributed by atoms with Crippen molar-refractivity contribution < 1.29 is 9.90 Å². The predicted octanol–water partition coefficient (Wildman–Crippen LogP) is 2.56. The Balaban J connectivity index is 1.88. The van der Waals surface area contributed by atoms with Gasteiger partial charge in [0.2, 0.25) is 0 Å². The molecule has 1 aromatic heterocycles. The van der Waals surface area contributed by atoms with Crippen molar-refractivity contribution in [3.8, 4) is 0 Å². The van der Waals surface area contributed by atoms with Crippen LogP contribution in [-0.2, 0) is 7.05 Å². The van der Waals surface area contributed by atoms with E-state index in [9.17, 15) is 9.90 Å². The topological polar surface area (TPSA) is 79.2 Å². The molecule has 0 aliphatic heterocycles. The quantitative estimate of drug-likeness (QED) is 0.758. The molecule has 0 aliphatic rings. The van der Waals surface area contributed by atoms with Crippen molar-refractivity contribution >= 4 is 17.6 Å². The maximum atomic E-state index is 12.0. The first kappa shape index (κ1) is 17.3. The van der Waals surface area contributed by atoms with Crippen LogP contribution in [0.15, 0.2) is 36.7 Å². The standard InChI is InChI=1S/C16H21ClN4O2/c1-3-14(11-5-4-6-13(17)7-11)20-16(23)18-9-15(22)12-8-19-21(2)10-12/h4-8,10,14-15,22H,3,9H2,1-2H3,(H2,18,20,23)/t14-,15+/m1/s1. The summed E-state index contributed by atoms with van der Waals surface area (Å²) in [5, 5.41) is 20.2. The van der Waals surface area contributed by atoms with Crippen molar-refractivity contribution in [2.45, 2.75) is 25.5 Å². The number of aliphatic hydroxyl groups excluding tert-OH is 1. The van der Waals surface area contributed by atoms with E-state index in [4.69, 9.17) is 11.6 Å². The van der Waals surface area contributed by atoms with Gasteiger partial charge in [0.05, 0.1) is 18.3 Å². The van der Waals surface area contributed by atoms with Crippen molar-refractivity contribution in [1.29, 1.82) is 0 Å². The zero-order valence-corrected chi connectivity index (χ0v) is 13.9. The number of nitrogens with zero attached hydrogens (tertiary/aromatic N) is 2. The Morgan fingerprint density at radius 3 is 2.83 bits per heavy atom. The minimum atomic E-state index is -0.791. The maximum Gasteiger partial charge on any atom is 0.315 e. The summed E-state index contributed by atoms with van der Waals surface area (Å²) < 4.78 is 1.60. The lowest BCUT2D eigenvalue weighted by Crippen LogP contribution is -2.39. The number of carbonyl (C=O) groups excluding carboxylic acids is 1. The van der Waals surface area contributed by atoms with Gasteiger partial charge in [-0.25, -0.2) is 4.79 Å². The van der Waals surface area contributed by atoms with Gasteiger partial charge in [0.15, 0.2) is 0 Å². The lowest BCUT2D eigenvalue weighted by molar-refractivity contribution is 0.172. The Labute approximate surface area is 140 Å². The van der Waals surface area contributed by atoms with Gasteiger partial charge in [0.25, 0.3) is 0 Å². The lowest BCUT2D eigenvalue weighted by Gasteiger charge is -2.19.